The second kappa shape index (κ2) is 7.95. The first-order valence-corrected chi connectivity index (χ1v) is 9.69. The molecule has 0 aliphatic rings. The largest absolute Gasteiger partial charge is 0.451 e. The van der Waals surface area contributed by atoms with Gasteiger partial charge < -0.3 is 9.73 Å². The van der Waals surface area contributed by atoms with E-state index in [-0.39, 0.29) is 16.8 Å². The predicted molar refractivity (Wildman–Crippen MR) is 101 cm³/mol. The van der Waals surface area contributed by atoms with Gasteiger partial charge in [-0.15, -0.1) is 0 Å². The number of carbonyl (C=O) groups excluding carboxylic acids is 1. The van der Waals surface area contributed by atoms with Crippen LogP contribution in [0.1, 0.15) is 19.6 Å². The molecule has 0 aliphatic heterocycles. The number of rotatable bonds is 6. The molecule has 8 heteroatoms. The van der Waals surface area contributed by atoms with Crippen LogP contribution < -0.4 is 10.0 Å². The normalized spacial score (nSPS) is 12.0. The molecule has 0 aliphatic carbocycles. The van der Waals surface area contributed by atoms with Crippen LogP contribution in [0.4, 0.5) is 5.69 Å². The molecule has 0 atom stereocenters. The van der Waals surface area contributed by atoms with Crippen molar-refractivity contribution in [3.63, 3.8) is 0 Å². The highest BCUT2D eigenvalue weighted by molar-refractivity contribution is 14.1. The molecule has 1 amide bonds. The molecule has 0 fully saturated rings. The Kier molecular flexibility index (Phi) is 6.19. The lowest BCUT2D eigenvalue weighted by atomic mass is 10.3. The summed E-state index contributed by atoms with van der Waals surface area (Å²) in [6, 6.07) is 9.32. The van der Waals surface area contributed by atoms with E-state index in [4.69, 9.17) is 4.42 Å². The van der Waals surface area contributed by atoms with Crippen LogP contribution in [0.3, 0.4) is 0 Å². The van der Waals surface area contributed by atoms with E-state index in [1.54, 1.807) is 32.1 Å². The molecule has 0 bridgehead atoms. The monoisotopic (exact) mass is 460 g/mol. The van der Waals surface area contributed by atoms with Crippen molar-refractivity contribution in [3.05, 3.63) is 52.0 Å². The molecule has 1 aromatic heterocycles. The Hall–Kier alpha value is -1.65. The summed E-state index contributed by atoms with van der Waals surface area (Å²) in [5, 5.41) is 2.65. The lowest BCUT2D eigenvalue weighted by Crippen LogP contribution is -2.30. The van der Waals surface area contributed by atoms with Crippen LogP contribution in [0.5, 0.6) is 0 Å². The molecule has 0 unspecified atom stereocenters. The van der Waals surface area contributed by atoms with Gasteiger partial charge in [0.05, 0.1) is 4.90 Å². The summed E-state index contributed by atoms with van der Waals surface area (Å²) in [5.41, 5.74) is 0.502. The van der Waals surface area contributed by atoms with Gasteiger partial charge in [-0.1, -0.05) is 0 Å². The van der Waals surface area contributed by atoms with E-state index in [0.29, 0.717) is 11.4 Å². The van der Waals surface area contributed by atoms with Crippen molar-refractivity contribution >= 4 is 50.3 Å². The van der Waals surface area contributed by atoms with Crippen LogP contribution in [-0.2, 0) is 14.8 Å². The predicted octanol–water partition coefficient (Wildman–Crippen LogP) is 3.22. The number of benzene rings is 1. The topological polar surface area (TPSA) is 88.4 Å². The molecule has 2 N–H and O–H groups in total. The summed E-state index contributed by atoms with van der Waals surface area (Å²) in [5.74, 6) is 0.244. The molecule has 1 aromatic carbocycles. The van der Waals surface area contributed by atoms with Crippen LogP contribution in [0.15, 0.2) is 51.8 Å². The number of halogens is 1. The van der Waals surface area contributed by atoms with Crippen LogP contribution in [0.25, 0.3) is 6.08 Å². The van der Waals surface area contributed by atoms with Gasteiger partial charge in [-0.05, 0) is 78.9 Å². The lowest BCUT2D eigenvalue weighted by molar-refractivity contribution is -0.111. The number of furan rings is 1. The Balaban J connectivity index is 2.01. The van der Waals surface area contributed by atoms with Gasteiger partial charge in [0.2, 0.25) is 15.9 Å². The summed E-state index contributed by atoms with van der Waals surface area (Å²) >= 11 is 2.04. The zero-order chi connectivity index (χ0) is 17.7. The second-order valence-corrected chi connectivity index (χ2v) is 8.04. The van der Waals surface area contributed by atoms with Crippen molar-refractivity contribution < 1.29 is 17.6 Å². The third kappa shape index (κ3) is 5.46. The number of hydrogen-bond donors (Lipinski definition) is 2. The molecule has 0 radical (unpaired) electrons. The highest BCUT2D eigenvalue weighted by Crippen LogP contribution is 2.15. The highest BCUT2D eigenvalue weighted by atomic mass is 127. The Morgan fingerprint density at radius 2 is 1.83 bits per heavy atom. The fourth-order valence-electron chi connectivity index (χ4n) is 1.86. The molecule has 2 aromatic rings. The third-order valence-corrected chi connectivity index (χ3v) is 5.07. The van der Waals surface area contributed by atoms with Crippen LogP contribution in [0, 0.1) is 3.77 Å². The molecule has 24 heavy (non-hydrogen) atoms. The van der Waals surface area contributed by atoms with Gasteiger partial charge in [-0.2, -0.15) is 0 Å². The van der Waals surface area contributed by atoms with Crippen LogP contribution in [0.2, 0.25) is 0 Å². The molecular formula is C16H17IN2O4S. The van der Waals surface area contributed by atoms with Crippen molar-refractivity contribution in [2.24, 2.45) is 0 Å². The number of sulfonamides is 1. The molecule has 6 nitrogen and oxygen atoms in total. The summed E-state index contributed by atoms with van der Waals surface area (Å²) in [6.45, 7) is 3.50. The van der Waals surface area contributed by atoms with Crippen molar-refractivity contribution in [3.8, 4) is 0 Å². The van der Waals surface area contributed by atoms with Crippen LogP contribution in [-0.4, -0.2) is 20.4 Å². The minimum Gasteiger partial charge on any atom is -0.451 e. The molecule has 128 valence electrons. The lowest BCUT2D eigenvalue weighted by Gasteiger charge is -2.10. The van der Waals surface area contributed by atoms with Gasteiger partial charge in [-0.25, -0.2) is 13.1 Å². The molecule has 0 saturated carbocycles. The maximum Gasteiger partial charge on any atom is 0.248 e. The van der Waals surface area contributed by atoms with E-state index in [0.717, 1.165) is 3.77 Å². The van der Waals surface area contributed by atoms with E-state index in [9.17, 15) is 13.2 Å². The van der Waals surface area contributed by atoms with Gasteiger partial charge in [0.1, 0.15) is 5.76 Å². The van der Waals surface area contributed by atoms with Gasteiger partial charge >= 0.3 is 0 Å². The van der Waals surface area contributed by atoms with Gasteiger partial charge in [0.25, 0.3) is 0 Å². The van der Waals surface area contributed by atoms with E-state index < -0.39 is 10.0 Å². The summed E-state index contributed by atoms with van der Waals surface area (Å²) < 4.78 is 32.6. The average molecular weight is 460 g/mol. The fourth-order valence-corrected chi connectivity index (χ4v) is 3.54. The third-order valence-electron chi connectivity index (χ3n) is 2.82. The standard InChI is InChI=1S/C16H17IN2O4S/c1-11(2)19-24(21,22)14-7-3-12(4-8-14)18-16(20)10-6-13-5-9-15(17)23-13/h3-11,19H,1-2H3,(H,18,20)/b10-6+. The van der Waals surface area contributed by atoms with Crippen molar-refractivity contribution in [1.29, 1.82) is 0 Å². The average Bonchev–Trinajstić information content (AvgIpc) is 2.90. The van der Waals surface area contributed by atoms with Crippen molar-refractivity contribution in [2.45, 2.75) is 24.8 Å². The fraction of sp³-hybridized carbons (Fsp3) is 0.188. The maximum absolute atomic E-state index is 12.0. The quantitative estimate of drug-likeness (QED) is 0.512. The van der Waals surface area contributed by atoms with Gasteiger partial charge in [0.15, 0.2) is 3.77 Å². The summed E-state index contributed by atoms with van der Waals surface area (Å²) in [7, 11) is -3.54. The Morgan fingerprint density at radius 1 is 1.17 bits per heavy atom. The number of nitrogens with one attached hydrogen (secondary N) is 2. The number of carbonyl (C=O) groups is 1. The Morgan fingerprint density at radius 3 is 2.38 bits per heavy atom. The van der Waals surface area contributed by atoms with E-state index >= 15 is 0 Å². The van der Waals surface area contributed by atoms with Crippen LogP contribution >= 0.6 is 22.6 Å². The van der Waals surface area contributed by atoms with Gasteiger partial charge in [-0.3, -0.25) is 4.79 Å². The van der Waals surface area contributed by atoms with Crippen molar-refractivity contribution in [1.82, 2.24) is 4.72 Å². The van der Waals surface area contributed by atoms with E-state index in [1.165, 1.54) is 30.3 Å². The molecule has 1 heterocycles. The smallest absolute Gasteiger partial charge is 0.248 e. The van der Waals surface area contributed by atoms with Gasteiger partial charge in [0, 0.05) is 17.8 Å². The zero-order valence-electron chi connectivity index (χ0n) is 13.1. The molecule has 0 spiro atoms. The minimum atomic E-state index is -3.54. The molecular weight excluding hydrogens is 443 g/mol. The molecule has 0 saturated heterocycles. The number of anilines is 1. The van der Waals surface area contributed by atoms with E-state index in [1.807, 2.05) is 22.6 Å². The second-order valence-electron chi connectivity index (χ2n) is 5.26. The summed E-state index contributed by atoms with van der Waals surface area (Å²) in [6.07, 6.45) is 2.91. The molecule has 2 rings (SSSR count). The first-order valence-electron chi connectivity index (χ1n) is 7.13. The first kappa shape index (κ1) is 18.7. The maximum atomic E-state index is 12.0. The SMILES string of the molecule is CC(C)NS(=O)(=O)c1ccc(NC(=O)/C=C/c2ccc(I)o2)cc1. The zero-order valence-corrected chi connectivity index (χ0v) is 16.1. The number of hydrogen-bond acceptors (Lipinski definition) is 4. The Bertz CT molecular complexity index is 839. The minimum absolute atomic E-state index is 0.148. The first-order chi connectivity index (χ1) is 11.3. The highest BCUT2D eigenvalue weighted by Gasteiger charge is 2.14. The van der Waals surface area contributed by atoms with Crippen molar-refractivity contribution in [2.75, 3.05) is 5.32 Å². The Labute approximate surface area is 154 Å². The number of amides is 1. The summed E-state index contributed by atoms with van der Waals surface area (Å²) in [4.78, 5) is 12.0. The van der Waals surface area contributed by atoms with E-state index in [2.05, 4.69) is 10.0 Å².